The van der Waals surface area contributed by atoms with Crippen LogP contribution >= 0.6 is 11.8 Å². The molecular formula is C11H13NO2S. The van der Waals surface area contributed by atoms with Crippen molar-refractivity contribution in [2.75, 3.05) is 17.7 Å². The molecule has 1 amide bonds. The minimum Gasteiger partial charge on any atom is -0.389 e. The van der Waals surface area contributed by atoms with Crippen molar-refractivity contribution in [3.63, 3.8) is 0 Å². The molecule has 1 aromatic carbocycles. The van der Waals surface area contributed by atoms with Crippen LogP contribution in [0.25, 0.3) is 0 Å². The van der Waals surface area contributed by atoms with E-state index in [4.69, 9.17) is 0 Å². The first kappa shape index (κ1) is 10.5. The lowest BCUT2D eigenvalue weighted by molar-refractivity contribution is -0.116. The van der Waals surface area contributed by atoms with E-state index in [9.17, 15) is 9.90 Å². The molecule has 15 heavy (non-hydrogen) atoms. The molecule has 1 N–H and O–H groups in total. The van der Waals surface area contributed by atoms with Crippen LogP contribution in [0, 0.1) is 0 Å². The molecule has 0 aromatic heterocycles. The molecule has 1 atom stereocenters. The molecule has 3 nitrogen and oxygen atoms in total. The van der Waals surface area contributed by atoms with E-state index in [1.165, 1.54) is 0 Å². The van der Waals surface area contributed by atoms with Gasteiger partial charge in [0.25, 0.3) is 0 Å². The van der Waals surface area contributed by atoms with E-state index < -0.39 is 6.10 Å². The third-order valence-electron chi connectivity index (χ3n) is 2.55. The fourth-order valence-corrected chi connectivity index (χ4v) is 2.53. The van der Waals surface area contributed by atoms with Gasteiger partial charge >= 0.3 is 0 Å². The third kappa shape index (κ3) is 1.87. The molecular weight excluding hydrogens is 210 g/mol. The third-order valence-corrected chi connectivity index (χ3v) is 3.60. The highest BCUT2D eigenvalue weighted by Gasteiger charge is 2.21. The lowest BCUT2D eigenvalue weighted by atomic mass is 10.1. The van der Waals surface area contributed by atoms with Crippen LogP contribution in [-0.4, -0.2) is 23.8 Å². The van der Waals surface area contributed by atoms with E-state index in [-0.39, 0.29) is 5.91 Å². The summed E-state index contributed by atoms with van der Waals surface area (Å²) >= 11 is 1.55. The Morgan fingerprint density at radius 3 is 2.93 bits per heavy atom. The van der Waals surface area contributed by atoms with Crippen LogP contribution in [0.3, 0.4) is 0 Å². The predicted octanol–water partition coefficient (Wildman–Crippen LogP) is 1.81. The second kappa shape index (κ2) is 3.87. The van der Waals surface area contributed by atoms with Gasteiger partial charge in [-0.15, -0.1) is 11.8 Å². The van der Waals surface area contributed by atoms with Gasteiger partial charge in [0.1, 0.15) is 0 Å². The van der Waals surface area contributed by atoms with Crippen molar-refractivity contribution in [1.29, 1.82) is 0 Å². The fourth-order valence-electron chi connectivity index (χ4n) is 1.55. The number of carbonyl (C=O) groups is 1. The number of amides is 1. The quantitative estimate of drug-likeness (QED) is 0.789. The van der Waals surface area contributed by atoms with Crippen LogP contribution < -0.4 is 4.90 Å². The molecule has 0 aliphatic carbocycles. The minimum absolute atomic E-state index is 0.107. The van der Waals surface area contributed by atoms with Gasteiger partial charge in [0.15, 0.2) is 0 Å². The summed E-state index contributed by atoms with van der Waals surface area (Å²) in [6.07, 6.45) is -0.495. The van der Waals surface area contributed by atoms with E-state index in [0.29, 0.717) is 5.75 Å². The number of nitrogens with zero attached hydrogens (tertiary/aromatic N) is 1. The summed E-state index contributed by atoms with van der Waals surface area (Å²) in [6.45, 7) is 1.72. The Hall–Kier alpha value is -1.000. The standard InChI is InChI=1S/C11H13NO2S/c1-7(13)8-3-4-10-9(5-8)12(2)11(14)6-15-10/h3-5,7,13H,6H2,1-2H3. The largest absolute Gasteiger partial charge is 0.389 e. The topological polar surface area (TPSA) is 40.5 Å². The van der Waals surface area contributed by atoms with Crippen molar-refractivity contribution in [2.45, 2.75) is 17.9 Å². The Bertz CT molecular complexity index is 404. The van der Waals surface area contributed by atoms with Crippen molar-refractivity contribution in [3.8, 4) is 0 Å². The highest BCUT2D eigenvalue weighted by Crippen LogP contribution is 2.36. The van der Waals surface area contributed by atoms with Crippen LogP contribution in [0.1, 0.15) is 18.6 Å². The van der Waals surface area contributed by atoms with Crippen LogP contribution in [0.15, 0.2) is 23.1 Å². The molecule has 1 heterocycles. The average Bonchev–Trinajstić information content (AvgIpc) is 2.23. The molecule has 0 radical (unpaired) electrons. The zero-order valence-corrected chi connectivity index (χ0v) is 9.54. The summed E-state index contributed by atoms with van der Waals surface area (Å²) in [5.41, 5.74) is 1.74. The summed E-state index contributed by atoms with van der Waals surface area (Å²) in [5.74, 6) is 0.604. The van der Waals surface area contributed by atoms with E-state index in [1.807, 2.05) is 18.2 Å². The highest BCUT2D eigenvalue weighted by molar-refractivity contribution is 8.00. The zero-order valence-electron chi connectivity index (χ0n) is 8.73. The van der Waals surface area contributed by atoms with Gasteiger partial charge in [-0.1, -0.05) is 6.07 Å². The number of aliphatic hydroxyl groups excluding tert-OH is 1. The second-order valence-corrected chi connectivity index (χ2v) is 4.66. The molecule has 0 fully saturated rings. The number of hydrogen-bond donors (Lipinski definition) is 1. The Balaban J connectivity index is 2.45. The Morgan fingerprint density at radius 1 is 1.53 bits per heavy atom. The number of benzene rings is 1. The summed E-state index contributed by atoms with van der Waals surface area (Å²) in [7, 11) is 1.77. The van der Waals surface area contributed by atoms with Gasteiger partial charge < -0.3 is 10.0 Å². The highest BCUT2D eigenvalue weighted by atomic mass is 32.2. The van der Waals surface area contributed by atoms with Crippen LogP contribution in [0.5, 0.6) is 0 Å². The molecule has 1 unspecified atom stereocenters. The molecule has 1 aromatic rings. The SMILES string of the molecule is CC(O)c1ccc2c(c1)N(C)C(=O)CS2. The molecule has 0 saturated carbocycles. The molecule has 1 aliphatic rings. The van der Waals surface area contributed by atoms with Gasteiger partial charge in [-0.05, 0) is 24.6 Å². The van der Waals surface area contributed by atoms with Crippen LogP contribution in [0.4, 0.5) is 5.69 Å². The summed E-state index contributed by atoms with van der Waals surface area (Å²) in [4.78, 5) is 14.2. The van der Waals surface area contributed by atoms with Gasteiger partial charge in [0, 0.05) is 11.9 Å². The minimum atomic E-state index is -0.495. The monoisotopic (exact) mass is 223 g/mol. The van der Waals surface area contributed by atoms with Crippen molar-refractivity contribution in [2.24, 2.45) is 0 Å². The first-order chi connectivity index (χ1) is 7.09. The van der Waals surface area contributed by atoms with E-state index in [2.05, 4.69) is 0 Å². The Kier molecular flexibility index (Phi) is 2.71. The molecule has 0 spiro atoms. The van der Waals surface area contributed by atoms with Crippen molar-refractivity contribution in [3.05, 3.63) is 23.8 Å². The first-order valence-electron chi connectivity index (χ1n) is 4.81. The van der Waals surface area contributed by atoms with Gasteiger partial charge in [0.05, 0.1) is 17.5 Å². The summed E-state index contributed by atoms with van der Waals surface area (Å²) < 4.78 is 0. The van der Waals surface area contributed by atoms with Crippen molar-refractivity contribution in [1.82, 2.24) is 0 Å². The average molecular weight is 223 g/mol. The van der Waals surface area contributed by atoms with Gasteiger partial charge in [-0.25, -0.2) is 0 Å². The van der Waals surface area contributed by atoms with Gasteiger partial charge in [0.2, 0.25) is 5.91 Å². The number of hydrogen-bond acceptors (Lipinski definition) is 3. The smallest absolute Gasteiger partial charge is 0.237 e. The number of fused-ring (bicyclic) bond motifs is 1. The van der Waals surface area contributed by atoms with Crippen LogP contribution in [0.2, 0.25) is 0 Å². The van der Waals surface area contributed by atoms with Crippen LogP contribution in [-0.2, 0) is 4.79 Å². The van der Waals surface area contributed by atoms with E-state index >= 15 is 0 Å². The normalized spacial score (nSPS) is 17.5. The van der Waals surface area contributed by atoms with Crippen molar-refractivity contribution >= 4 is 23.4 Å². The maximum Gasteiger partial charge on any atom is 0.237 e. The van der Waals surface area contributed by atoms with Crippen molar-refractivity contribution < 1.29 is 9.90 Å². The van der Waals surface area contributed by atoms with Gasteiger partial charge in [-0.2, -0.15) is 0 Å². The predicted molar refractivity (Wildman–Crippen MR) is 61.2 cm³/mol. The van der Waals surface area contributed by atoms with Gasteiger partial charge in [-0.3, -0.25) is 4.79 Å². The number of rotatable bonds is 1. The summed E-state index contributed by atoms with van der Waals surface area (Å²) in [6, 6.07) is 5.75. The summed E-state index contributed by atoms with van der Waals surface area (Å²) in [5, 5.41) is 9.47. The molecule has 0 bridgehead atoms. The first-order valence-corrected chi connectivity index (χ1v) is 5.79. The molecule has 4 heteroatoms. The Morgan fingerprint density at radius 2 is 2.27 bits per heavy atom. The molecule has 80 valence electrons. The number of aliphatic hydroxyl groups is 1. The fraction of sp³-hybridized carbons (Fsp3) is 0.364. The maximum absolute atomic E-state index is 11.5. The maximum atomic E-state index is 11.5. The lowest BCUT2D eigenvalue weighted by Gasteiger charge is -2.26. The number of carbonyl (C=O) groups excluding carboxylic acids is 1. The zero-order chi connectivity index (χ0) is 11.0. The Labute approximate surface area is 93.1 Å². The number of thioether (sulfide) groups is 1. The second-order valence-electron chi connectivity index (χ2n) is 3.64. The molecule has 2 rings (SSSR count). The lowest BCUT2D eigenvalue weighted by Crippen LogP contribution is -2.31. The molecule has 1 aliphatic heterocycles. The van der Waals surface area contributed by atoms with E-state index in [0.717, 1.165) is 16.1 Å². The number of anilines is 1. The van der Waals surface area contributed by atoms with E-state index in [1.54, 1.807) is 30.6 Å². The molecule has 0 saturated heterocycles.